The molecule has 0 atom stereocenters. The molecule has 4 aromatic rings. The Morgan fingerprint density at radius 1 is 1.13 bits per heavy atom. The summed E-state index contributed by atoms with van der Waals surface area (Å²) in [5, 5.41) is 18.0. The Kier molecular flexibility index (Phi) is 4.08. The van der Waals surface area contributed by atoms with Crippen molar-refractivity contribution in [2.24, 2.45) is 12.2 Å². The Morgan fingerprint density at radius 3 is 2.83 bits per heavy atom. The van der Waals surface area contributed by atoms with Gasteiger partial charge in [0.05, 0.1) is 23.2 Å². The third kappa shape index (κ3) is 3.29. The van der Waals surface area contributed by atoms with Gasteiger partial charge in [-0.1, -0.05) is 6.07 Å². The molecule has 0 fully saturated rings. The quantitative estimate of drug-likeness (QED) is 0.515. The van der Waals surface area contributed by atoms with Crippen LogP contribution in [-0.4, -0.2) is 33.0 Å². The fourth-order valence-corrected chi connectivity index (χ4v) is 3.93. The van der Waals surface area contributed by atoms with Crippen LogP contribution in [0.1, 0.15) is 5.82 Å². The van der Waals surface area contributed by atoms with Crippen LogP contribution >= 0.6 is 0 Å². The zero-order chi connectivity index (χ0) is 20.9. The Hall–Kier alpha value is -3.70. The minimum absolute atomic E-state index is 0.0216. The molecule has 0 amide bonds. The van der Waals surface area contributed by atoms with Gasteiger partial charge in [-0.3, -0.25) is 4.68 Å². The summed E-state index contributed by atoms with van der Waals surface area (Å²) in [5.74, 6) is 1.11. The number of nitrogens with zero attached hydrogens (tertiary/aromatic N) is 6. The molecule has 0 saturated carbocycles. The third-order valence-corrected chi connectivity index (χ3v) is 5.79. The van der Waals surface area contributed by atoms with Crippen LogP contribution in [0.4, 0.5) is 17.3 Å². The van der Waals surface area contributed by atoms with E-state index >= 15 is 0 Å². The molecule has 152 valence electrons. The molecule has 0 bridgehead atoms. The zero-order valence-electron chi connectivity index (χ0n) is 16.0. The fraction of sp³-hybridized carbons (Fsp3) is 0.105. The number of aromatic nitrogens is 5. The van der Waals surface area contributed by atoms with Gasteiger partial charge in [0.1, 0.15) is 0 Å². The van der Waals surface area contributed by atoms with Crippen molar-refractivity contribution < 1.29 is 8.42 Å². The van der Waals surface area contributed by atoms with Crippen LogP contribution in [0, 0.1) is 0 Å². The lowest BCUT2D eigenvalue weighted by molar-refractivity contribution is 0.598. The first kappa shape index (κ1) is 18.3. The summed E-state index contributed by atoms with van der Waals surface area (Å²) < 4.78 is 26.6. The van der Waals surface area contributed by atoms with E-state index in [0.29, 0.717) is 18.2 Å². The van der Waals surface area contributed by atoms with Gasteiger partial charge in [-0.25, -0.2) is 18.2 Å². The van der Waals surface area contributed by atoms with Gasteiger partial charge in [0.25, 0.3) is 0 Å². The van der Waals surface area contributed by atoms with Crippen molar-refractivity contribution in [2.75, 3.05) is 10.2 Å². The molecule has 0 saturated heterocycles. The van der Waals surface area contributed by atoms with E-state index in [4.69, 9.17) is 5.14 Å². The monoisotopic (exact) mass is 422 g/mol. The maximum Gasteiger partial charge on any atom is 0.247 e. The molecular formula is C19H18N8O2S. The van der Waals surface area contributed by atoms with Crippen molar-refractivity contribution >= 4 is 44.4 Å². The summed E-state index contributed by atoms with van der Waals surface area (Å²) in [6, 6.07) is 12.4. The number of sulfonamides is 1. The molecular weight excluding hydrogens is 404 g/mol. The molecule has 0 spiro atoms. The van der Waals surface area contributed by atoms with Gasteiger partial charge >= 0.3 is 0 Å². The summed E-state index contributed by atoms with van der Waals surface area (Å²) >= 11 is 0. The highest BCUT2D eigenvalue weighted by atomic mass is 32.2. The number of nitrogens with one attached hydrogen (secondary N) is 1. The van der Waals surface area contributed by atoms with E-state index < -0.39 is 10.0 Å². The molecule has 10 nitrogen and oxygen atoms in total. The number of fused-ring (bicyclic) bond motifs is 2. The first-order valence-corrected chi connectivity index (χ1v) is 10.6. The van der Waals surface area contributed by atoms with Crippen molar-refractivity contribution in [2.45, 2.75) is 11.4 Å². The lowest BCUT2D eigenvalue weighted by atomic mass is 10.2. The summed E-state index contributed by atoms with van der Waals surface area (Å²) in [5.41, 5.74) is 2.62. The van der Waals surface area contributed by atoms with Crippen LogP contribution in [0.15, 0.2) is 59.8 Å². The lowest BCUT2D eigenvalue weighted by Gasteiger charge is -2.23. The molecule has 0 radical (unpaired) electrons. The number of hydrogen-bond donors (Lipinski definition) is 2. The number of primary sulfonamides is 1. The normalized spacial score (nSPS) is 13.6. The largest absolute Gasteiger partial charge is 0.339 e. The number of anilines is 3. The van der Waals surface area contributed by atoms with E-state index in [1.54, 1.807) is 16.8 Å². The topological polar surface area (TPSA) is 124 Å². The average molecular weight is 422 g/mol. The predicted octanol–water partition coefficient (Wildman–Crippen LogP) is 2.00. The standard InChI is InChI=1S/C19H18N8O2S/c1-25-17-6-5-15(9-13(17)11-21-25)26-7-8-27-18(12-26)23-19(24-27)22-14-3-2-4-16(10-14)30(20,28)29/h2-11H,12H2,1H3,(H,22,24)(H2,20,28,29). The van der Waals surface area contributed by atoms with E-state index in [1.807, 2.05) is 42.5 Å². The second kappa shape index (κ2) is 6.68. The summed E-state index contributed by atoms with van der Waals surface area (Å²) in [7, 11) is -1.87. The third-order valence-electron chi connectivity index (χ3n) is 4.88. The Bertz CT molecular complexity index is 1400. The lowest BCUT2D eigenvalue weighted by Crippen LogP contribution is -2.22. The fourth-order valence-electron chi connectivity index (χ4n) is 3.37. The van der Waals surface area contributed by atoms with E-state index in [0.717, 1.165) is 22.4 Å². The predicted molar refractivity (Wildman–Crippen MR) is 113 cm³/mol. The molecule has 3 heterocycles. The van der Waals surface area contributed by atoms with E-state index in [9.17, 15) is 8.42 Å². The molecule has 3 N–H and O–H groups in total. The van der Waals surface area contributed by atoms with Crippen LogP contribution in [0.5, 0.6) is 0 Å². The molecule has 1 aliphatic rings. The van der Waals surface area contributed by atoms with Gasteiger partial charge in [0, 0.05) is 36.2 Å². The maximum absolute atomic E-state index is 11.5. The van der Waals surface area contributed by atoms with Gasteiger partial charge < -0.3 is 10.2 Å². The number of aryl methyl sites for hydroxylation is 1. The average Bonchev–Trinajstić information content (AvgIpc) is 3.29. The SMILES string of the molecule is Cn1ncc2cc(N3C=Cn4nc(Nc5cccc(S(N)(=O)=O)c5)nc4C3)ccc21. The van der Waals surface area contributed by atoms with Gasteiger partial charge in [-0.2, -0.15) is 10.1 Å². The molecule has 0 unspecified atom stereocenters. The van der Waals surface area contributed by atoms with E-state index in [-0.39, 0.29) is 4.90 Å². The Balaban J connectivity index is 1.38. The summed E-state index contributed by atoms with van der Waals surface area (Å²) in [4.78, 5) is 6.62. The van der Waals surface area contributed by atoms with Gasteiger partial charge in [0.15, 0.2) is 5.82 Å². The number of nitrogens with two attached hydrogens (primary N) is 1. The number of rotatable bonds is 4. The minimum Gasteiger partial charge on any atom is -0.339 e. The van der Waals surface area contributed by atoms with Crippen molar-refractivity contribution in [1.29, 1.82) is 0 Å². The van der Waals surface area contributed by atoms with Gasteiger partial charge in [-0.15, -0.1) is 5.10 Å². The highest BCUT2D eigenvalue weighted by Crippen LogP contribution is 2.26. The molecule has 2 aromatic heterocycles. The van der Waals surface area contributed by atoms with Crippen molar-refractivity contribution in [3.05, 3.63) is 60.7 Å². The van der Waals surface area contributed by atoms with Crippen molar-refractivity contribution in [3.63, 3.8) is 0 Å². The van der Waals surface area contributed by atoms with Crippen molar-refractivity contribution in [3.8, 4) is 0 Å². The van der Waals surface area contributed by atoms with Crippen LogP contribution in [0.3, 0.4) is 0 Å². The highest BCUT2D eigenvalue weighted by Gasteiger charge is 2.18. The van der Waals surface area contributed by atoms with Crippen LogP contribution in [0.2, 0.25) is 0 Å². The summed E-state index contributed by atoms with van der Waals surface area (Å²) in [6.45, 7) is 0.536. The second-order valence-electron chi connectivity index (χ2n) is 6.93. The maximum atomic E-state index is 11.5. The van der Waals surface area contributed by atoms with Gasteiger partial charge in [0.2, 0.25) is 16.0 Å². The highest BCUT2D eigenvalue weighted by molar-refractivity contribution is 7.89. The second-order valence-corrected chi connectivity index (χ2v) is 8.49. The molecule has 2 aromatic carbocycles. The summed E-state index contributed by atoms with van der Waals surface area (Å²) in [6.07, 6.45) is 5.60. The van der Waals surface area contributed by atoms with Crippen LogP contribution in [0.25, 0.3) is 17.1 Å². The van der Waals surface area contributed by atoms with Crippen LogP contribution in [-0.2, 0) is 23.6 Å². The molecule has 0 aliphatic carbocycles. The minimum atomic E-state index is -3.78. The molecule has 11 heteroatoms. The number of benzene rings is 2. The van der Waals surface area contributed by atoms with E-state index in [2.05, 4.69) is 31.5 Å². The molecule has 1 aliphatic heterocycles. The zero-order valence-corrected chi connectivity index (χ0v) is 16.8. The van der Waals surface area contributed by atoms with E-state index in [1.165, 1.54) is 12.1 Å². The van der Waals surface area contributed by atoms with Crippen molar-refractivity contribution in [1.82, 2.24) is 24.5 Å². The Labute approximate surface area is 172 Å². The first-order valence-electron chi connectivity index (χ1n) is 9.09. The molecule has 30 heavy (non-hydrogen) atoms. The van der Waals surface area contributed by atoms with Gasteiger partial charge in [-0.05, 0) is 36.4 Å². The first-order chi connectivity index (χ1) is 14.4. The van der Waals surface area contributed by atoms with Crippen LogP contribution < -0.4 is 15.4 Å². The smallest absolute Gasteiger partial charge is 0.247 e. The Morgan fingerprint density at radius 2 is 2.00 bits per heavy atom. The number of hydrogen-bond acceptors (Lipinski definition) is 7. The molecule has 5 rings (SSSR count).